The number of ether oxygens (including phenoxy) is 2. The highest BCUT2D eigenvalue weighted by Crippen LogP contribution is 2.44. The van der Waals surface area contributed by atoms with Crippen LogP contribution in [0.4, 0.5) is 10.5 Å². The largest absolute Gasteiger partial charge is 0.494 e. The maximum atomic E-state index is 12.1. The molecule has 35 heavy (non-hydrogen) atoms. The number of carbonyl (C=O) groups is 1. The Kier molecular flexibility index (Phi) is 6.41. The van der Waals surface area contributed by atoms with Gasteiger partial charge in [0.1, 0.15) is 5.75 Å². The average Bonchev–Trinajstić information content (AvgIpc) is 3.34. The van der Waals surface area contributed by atoms with Gasteiger partial charge < -0.3 is 14.0 Å². The van der Waals surface area contributed by atoms with Gasteiger partial charge in [-0.3, -0.25) is 10.3 Å². The molecule has 0 unspecified atom stereocenters. The van der Waals surface area contributed by atoms with Crippen molar-refractivity contribution >= 4 is 28.4 Å². The molecule has 1 fully saturated rings. The number of hydrogen-bond acceptors (Lipinski definition) is 5. The third kappa shape index (κ3) is 4.59. The summed E-state index contributed by atoms with van der Waals surface area (Å²) in [6.45, 7) is 7.25. The second kappa shape index (κ2) is 9.64. The Balaban J connectivity index is 1.64. The van der Waals surface area contributed by atoms with E-state index in [1.165, 1.54) is 41.4 Å². The summed E-state index contributed by atoms with van der Waals surface area (Å²) in [7, 11) is 2.03. The summed E-state index contributed by atoms with van der Waals surface area (Å²) in [4.78, 5) is 12.1. The second-order valence-corrected chi connectivity index (χ2v) is 9.62. The lowest BCUT2D eigenvalue weighted by atomic mass is 9.92. The molecular formula is C28H34N4O3. The fraction of sp³-hybridized carbons (Fsp3) is 0.429. The van der Waals surface area contributed by atoms with Crippen LogP contribution in [0.1, 0.15) is 58.1 Å². The maximum Gasteiger partial charge on any atom is 0.411 e. The molecule has 2 heterocycles. The Labute approximate surface area is 206 Å². The van der Waals surface area contributed by atoms with Crippen LogP contribution in [0.5, 0.6) is 5.75 Å². The molecule has 7 heteroatoms. The molecule has 1 aliphatic carbocycles. The molecule has 0 bridgehead atoms. The SMILES string of the molecule is CCOc1ccc2c(C3=NN(C)CC3)c(-c3ccc(NC(=O)OC(C)C)cc3)n(C3CCC3)c2c1. The number of amides is 1. The minimum Gasteiger partial charge on any atom is -0.494 e. The third-order valence-corrected chi connectivity index (χ3v) is 6.73. The topological polar surface area (TPSA) is 68.1 Å². The second-order valence-electron chi connectivity index (χ2n) is 9.62. The van der Waals surface area contributed by atoms with Crippen molar-refractivity contribution in [3.05, 3.63) is 48.0 Å². The van der Waals surface area contributed by atoms with Gasteiger partial charge in [0.2, 0.25) is 0 Å². The molecule has 7 nitrogen and oxygen atoms in total. The van der Waals surface area contributed by atoms with Crippen LogP contribution in [0.25, 0.3) is 22.2 Å². The summed E-state index contributed by atoms with van der Waals surface area (Å²) in [6.07, 6.45) is 3.89. The van der Waals surface area contributed by atoms with E-state index in [2.05, 4.69) is 40.2 Å². The standard InChI is InChI=1S/C28H34N4O3/c1-5-34-22-13-14-23-25(17-22)32(21-7-6-8-21)27(26(23)24-15-16-31(4)30-24)19-9-11-20(12-10-19)29-28(33)35-18(2)3/h9-14,17-18,21H,5-8,15-16H2,1-4H3,(H,29,33). The van der Waals surface area contributed by atoms with Crippen molar-refractivity contribution in [3.8, 4) is 17.0 Å². The zero-order valence-corrected chi connectivity index (χ0v) is 21.0. The number of benzene rings is 2. The van der Waals surface area contributed by atoms with Crippen LogP contribution in [-0.4, -0.2) is 47.7 Å². The first-order chi connectivity index (χ1) is 16.9. The molecule has 2 aliphatic rings. The van der Waals surface area contributed by atoms with Crippen molar-refractivity contribution in [1.29, 1.82) is 0 Å². The van der Waals surface area contributed by atoms with Gasteiger partial charge in [-0.1, -0.05) is 12.1 Å². The lowest BCUT2D eigenvalue weighted by Crippen LogP contribution is -2.18. The van der Waals surface area contributed by atoms with E-state index in [0.717, 1.165) is 30.0 Å². The number of aromatic nitrogens is 1. The number of hydrazone groups is 1. The quantitative estimate of drug-likeness (QED) is 0.429. The number of rotatable bonds is 7. The highest BCUT2D eigenvalue weighted by atomic mass is 16.6. The van der Waals surface area contributed by atoms with E-state index < -0.39 is 6.09 Å². The Bertz CT molecular complexity index is 1260. The number of carbonyl (C=O) groups excluding carboxylic acids is 1. The highest BCUT2D eigenvalue weighted by Gasteiger charge is 2.30. The molecule has 184 valence electrons. The maximum absolute atomic E-state index is 12.1. The number of anilines is 1. The Morgan fingerprint density at radius 1 is 1.17 bits per heavy atom. The van der Waals surface area contributed by atoms with E-state index in [9.17, 15) is 4.79 Å². The number of fused-ring (bicyclic) bond motifs is 1. The van der Waals surface area contributed by atoms with Gasteiger partial charge in [-0.15, -0.1) is 0 Å². The monoisotopic (exact) mass is 474 g/mol. The van der Waals surface area contributed by atoms with Crippen LogP contribution < -0.4 is 10.1 Å². The summed E-state index contributed by atoms with van der Waals surface area (Å²) >= 11 is 0. The van der Waals surface area contributed by atoms with Gasteiger partial charge in [0.25, 0.3) is 0 Å². The molecule has 0 radical (unpaired) electrons. The van der Waals surface area contributed by atoms with E-state index in [1.54, 1.807) is 0 Å². The van der Waals surface area contributed by atoms with E-state index in [0.29, 0.717) is 18.3 Å². The molecule has 1 N–H and O–H groups in total. The van der Waals surface area contributed by atoms with Crippen molar-refractivity contribution in [2.75, 3.05) is 25.5 Å². The molecule has 1 aromatic heterocycles. The first-order valence-electron chi connectivity index (χ1n) is 12.6. The van der Waals surface area contributed by atoms with E-state index in [4.69, 9.17) is 14.6 Å². The summed E-state index contributed by atoms with van der Waals surface area (Å²) in [5.41, 5.74) is 6.55. The molecule has 0 atom stereocenters. The van der Waals surface area contributed by atoms with E-state index in [1.807, 2.05) is 45.0 Å². The van der Waals surface area contributed by atoms with Gasteiger partial charge in [0.15, 0.2) is 0 Å². The van der Waals surface area contributed by atoms with Crippen LogP contribution in [0.15, 0.2) is 47.6 Å². The van der Waals surface area contributed by atoms with Crippen LogP contribution >= 0.6 is 0 Å². The van der Waals surface area contributed by atoms with Crippen molar-refractivity contribution < 1.29 is 14.3 Å². The van der Waals surface area contributed by atoms with Crippen LogP contribution in [0, 0.1) is 0 Å². The molecule has 3 aromatic rings. The Morgan fingerprint density at radius 2 is 1.94 bits per heavy atom. The minimum atomic E-state index is -0.441. The molecule has 2 aromatic carbocycles. The van der Waals surface area contributed by atoms with Crippen molar-refractivity contribution in [3.63, 3.8) is 0 Å². The minimum absolute atomic E-state index is 0.165. The van der Waals surface area contributed by atoms with E-state index in [-0.39, 0.29) is 6.10 Å². The number of nitrogens with zero attached hydrogens (tertiary/aromatic N) is 3. The lowest BCUT2D eigenvalue weighted by molar-refractivity contribution is 0.130. The summed E-state index contributed by atoms with van der Waals surface area (Å²) < 4.78 is 13.6. The summed E-state index contributed by atoms with van der Waals surface area (Å²) in [6, 6.07) is 14.9. The first-order valence-corrected chi connectivity index (χ1v) is 12.6. The predicted molar refractivity (Wildman–Crippen MR) is 140 cm³/mol. The van der Waals surface area contributed by atoms with Gasteiger partial charge >= 0.3 is 6.09 Å². The Morgan fingerprint density at radius 3 is 2.54 bits per heavy atom. The van der Waals surface area contributed by atoms with Gasteiger partial charge in [-0.05, 0) is 69.9 Å². The van der Waals surface area contributed by atoms with Crippen LogP contribution in [0.3, 0.4) is 0 Å². The van der Waals surface area contributed by atoms with Gasteiger partial charge in [-0.2, -0.15) is 5.10 Å². The Hall–Kier alpha value is -3.48. The van der Waals surface area contributed by atoms with Gasteiger partial charge in [0.05, 0.1) is 29.6 Å². The average molecular weight is 475 g/mol. The van der Waals surface area contributed by atoms with Gasteiger partial charge in [0, 0.05) is 48.8 Å². The fourth-order valence-electron chi connectivity index (χ4n) is 4.97. The first kappa shape index (κ1) is 23.3. The van der Waals surface area contributed by atoms with E-state index >= 15 is 0 Å². The molecule has 0 spiro atoms. The fourth-order valence-corrected chi connectivity index (χ4v) is 4.97. The van der Waals surface area contributed by atoms with Crippen molar-refractivity contribution in [2.45, 2.75) is 58.6 Å². The molecular weight excluding hydrogens is 440 g/mol. The third-order valence-electron chi connectivity index (χ3n) is 6.73. The number of hydrogen-bond donors (Lipinski definition) is 1. The van der Waals surface area contributed by atoms with Gasteiger partial charge in [-0.25, -0.2) is 4.79 Å². The molecule has 1 amide bonds. The zero-order valence-electron chi connectivity index (χ0n) is 21.0. The normalized spacial score (nSPS) is 15.9. The summed E-state index contributed by atoms with van der Waals surface area (Å²) in [5, 5.41) is 10.9. The highest BCUT2D eigenvalue weighted by molar-refractivity contribution is 6.16. The zero-order chi connectivity index (χ0) is 24.5. The smallest absolute Gasteiger partial charge is 0.411 e. The lowest BCUT2D eigenvalue weighted by Gasteiger charge is -2.30. The number of nitrogens with one attached hydrogen (secondary N) is 1. The molecule has 1 aliphatic heterocycles. The molecule has 1 saturated carbocycles. The predicted octanol–water partition coefficient (Wildman–Crippen LogP) is 6.43. The van der Waals surface area contributed by atoms with Crippen molar-refractivity contribution in [1.82, 2.24) is 9.58 Å². The summed E-state index contributed by atoms with van der Waals surface area (Å²) in [5.74, 6) is 0.893. The van der Waals surface area contributed by atoms with Crippen molar-refractivity contribution in [2.24, 2.45) is 5.10 Å². The molecule has 5 rings (SSSR count). The molecule has 0 saturated heterocycles. The van der Waals surface area contributed by atoms with Crippen LogP contribution in [0.2, 0.25) is 0 Å². The van der Waals surface area contributed by atoms with Crippen LogP contribution in [-0.2, 0) is 4.74 Å².